The zero-order chi connectivity index (χ0) is 12.5. The van der Waals surface area contributed by atoms with Gasteiger partial charge in [0, 0.05) is 17.1 Å². The van der Waals surface area contributed by atoms with Crippen molar-refractivity contribution in [2.24, 2.45) is 0 Å². The molecule has 0 radical (unpaired) electrons. The zero-order valence-corrected chi connectivity index (χ0v) is 10.4. The van der Waals surface area contributed by atoms with Crippen LogP contribution in [0.25, 0.3) is 10.9 Å². The van der Waals surface area contributed by atoms with Gasteiger partial charge in [-0.25, -0.2) is 0 Å². The zero-order valence-electron chi connectivity index (χ0n) is 9.60. The summed E-state index contributed by atoms with van der Waals surface area (Å²) in [5.41, 5.74) is 1.55. The van der Waals surface area contributed by atoms with Crippen molar-refractivity contribution in [2.75, 3.05) is 5.32 Å². The van der Waals surface area contributed by atoms with Gasteiger partial charge >= 0.3 is 0 Å². The smallest absolute Gasteiger partial charge is 0.259 e. The van der Waals surface area contributed by atoms with E-state index in [9.17, 15) is 4.79 Å². The Kier molecular flexibility index (Phi) is 2.56. The van der Waals surface area contributed by atoms with Crippen LogP contribution in [0.4, 0.5) is 5.13 Å². The summed E-state index contributed by atoms with van der Waals surface area (Å²) >= 11 is 1.35. The molecule has 3 rings (SSSR count). The number of aromatic nitrogens is 3. The Morgan fingerprint density at radius 3 is 2.94 bits per heavy atom. The number of benzene rings is 1. The molecule has 2 aromatic heterocycles. The van der Waals surface area contributed by atoms with Crippen LogP contribution >= 0.6 is 11.3 Å². The van der Waals surface area contributed by atoms with Crippen LogP contribution < -0.4 is 5.32 Å². The molecule has 5 nitrogen and oxygen atoms in total. The summed E-state index contributed by atoms with van der Waals surface area (Å²) in [5, 5.41) is 12.7. The molecule has 1 amide bonds. The van der Waals surface area contributed by atoms with Crippen LogP contribution in [0.5, 0.6) is 0 Å². The van der Waals surface area contributed by atoms with Crippen molar-refractivity contribution in [3.05, 3.63) is 41.0 Å². The molecular formula is C12H10N4OS. The number of fused-ring (bicyclic) bond motifs is 1. The molecule has 1 aromatic carbocycles. The lowest BCUT2D eigenvalue weighted by Gasteiger charge is -1.98. The monoisotopic (exact) mass is 258 g/mol. The van der Waals surface area contributed by atoms with E-state index < -0.39 is 0 Å². The van der Waals surface area contributed by atoms with Crippen molar-refractivity contribution < 1.29 is 4.79 Å². The fourth-order valence-electron chi connectivity index (χ4n) is 1.77. The summed E-state index contributed by atoms with van der Waals surface area (Å²) in [6.07, 6.45) is 1.70. The SMILES string of the molecule is Cc1nnc(NC(=O)c2c[nH]c3ccccc23)s1. The maximum atomic E-state index is 12.1. The summed E-state index contributed by atoms with van der Waals surface area (Å²) in [4.78, 5) is 15.2. The van der Waals surface area contributed by atoms with Crippen LogP contribution in [-0.4, -0.2) is 21.1 Å². The van der Waals surface area contributed by atoms with Crippen molar-refractivity contribution in [1.82, 2.24) is 15.2 Å². The molecule has 0 aliphatic rings. The van der Waals surface area contributed by atoms with E-state index in [-0.39, 0.29) is 5.91 Å². The van der Waals surface area contributed by atoms with Crippen molar-refractivity contribution in [3.8, 4) is 0 Å². The van der Waals surface area contributed by atoms with Gasteiger partial charge < -0.3 is 4.98 Å². The summed E-state index contributed by atoms with van der Waals surface area (Å²) < 4.78 is 0. The Labute approximate surface area is 107 Å². The van der Waals surface area contributed by atoms with E-state index in [0.29, 0.717) is 10.7 Å². The van der Waals surface area contributed by atoms with Crippen LogP contribution in [0.3, 0.4) is 0 Å². The minimum Gasteiger partial charge on any atom is -0.360 e. The molecule has 6 heteroatoms. The molecule has 0 saturated carbocycles. The van der Waals surface area contributed by atoms with E-state index in [0.717, 1.165) is 15.9 Å². The second-order valence-corrected chi connectivity index (χ2v) is 5.01. The van der Waals surface area contributed by atoms with Gasteiger partial charge in [0.25, 0.3) is 5.91 Å². The highest BCUT2D eigenvalue weighted by Crippen LogP contribution is 2.20. The number of hydrogen-bond acceptors (Lipinski definition) is 4. The van der Waals surface area contributed by atoms with Crippen molar-refractivity contribution >= 4 is 33.3 Å². The van der Waals surface area contributed by atoms with E-state index >= 15 is 0 Å². The van der Waals surface area contributed by atoms with Crippen molar-refractivity contribution in [2.45, 2.75) is 6.92 Å². The van der Waals surface area contributed by atoms with Gasteiger partial charge in [-0.3, -0.25) is 10.1 Å². The fourth-order valence-corrected chi connectivity index (χ4v) is 2.36. The summed E-state index contributed by atoms with van der Waals surface area (Å²) in [5.74, 6) is -0.177. The number of carbonyl (C=O) groups excluding carboxylic acids is 1. The van der Waals surface area contributed by atoms with Crippen LogP contribution in [0, 0.1) is 6.92 Å². The first kappa shape index (κ1) is 10.9. The number of amides is 1. The first-order valence-electron chi connectivity index (χ1n) is 5.41. The molecule has 0 aliphatic heterocycles. The summed E-state index contributed by atoms with van der Waals surface area (Å²) in [6, 6.07) is 7.67. The lowest BCUT2D eigenvalue weighted by Crippen LogP contribution is -2.11. The van der Waals surface area contributed by atoms with Crippen molar-refractivity contribution in [1.29, 1.82) is 0 Å². The second-order valence-electron chi connectivity index (χ2n) is 3.83. The van der Waals surface area contributed by atoms with Gasteiger partial charge in [-0.2, -0.15) is 0 Å². The predicted octanol–water partition coefficient (Wildman–Crippen LogP) is 2.58. The standard InChI is InChI=1S/C12H10N4OS/c1-7-15-16-12(18-7)14-11(17)9-6-13-10-5-3-2-4-8(9)10/h2-6,13H,1H3,(H,14,16,17). The lowest BCUT2D eigenvalue weighted by atomic mass is 10.2. The quantitative estimate of drug-likeness (QED) is 0.742. The number of para-hydroxylation sites is 1. The normalized spacial score (nSPS) is 10.7. The lowest BCUT2D eigenvalue weighted by molar-refractivity contribution is 0.102. The van der Waals surface area contributed by atoms with Crippen LogP contribution in [0.1, 0.15) is 15.4 Å². The van der Waals surface area contributed by atoms with Gasteiger partial charge in [0.2, 0.25) is 5.13 Å². The van der Waals surface area contributed by atoms with Gasteiger partial charge in [0.15, 0.2) is 0 Å². The highest BCUT2D eigenvalue weighted by Gasteiger charge is 2.13. The van der Waals surface area contributed by atoms with E-state index in [1.807, 2.05) is 31.2 Å². The van der Waals surface area contributed by atoms with E-state index in [4.69, 9.17) is 0 Å². The third-order valence-corrected chi connectivity index (χ3v) is 3.33. The van der Waals surface area contributed by atoms with Crippen LogP contribution in [0.15, 0.2) is 30.5 Å². The van der Waals surface area contributed by atoms with Gasteiger partial charge in [-0.15, -0.1) is 10.2 Å². The van der Waals surface area contributed by atoms with E-state index in [2.05, 4.69) is 20.5 Å². The third kappa shape index (κ3) is 1.86. The number of H-pyrrole nitrogens is 1. The fraction of sp³-hybridized carbons (Fsp3) is 0.0833. The van der Waals surface area contributed by atoms with Gasteiger partial charge in [-0.1, -0.05) is 29.5 Å². The molecule has 90 valence electrons. The molecule has 0 fully saturated rings. The number of aryl methyl sites for hydroxylation is 1. The van der Waals surface area contributed by atoms with Crippen molar-refractivity contribution in [3.63, 3.8) is 0 Å². The average molecular weight is 258 g/mol. The Hall–Kier alpha value is -2.21. The average Bonchev–Trinajstić information content (AvgIpc) is 2.95. The highest BCUT2D eigenvalue weighted by molar-refractivity contribution is 7.15. The third-order valence-electron chi connectivity index (χ3n) is 2.58. The number of hydrogen-bond donors (Lipinski definition) is 2. The maximum absolute atomic E-state index is 12.1. The molecular weight excluding hydrogens is 248 g/mol. The number of aromatic amines is 1. The second kappa shape index (κ2) is 4.23. The van der Waals surface area contributed by atoms with Gasteiger partial charge in [0.05, 0.1) is 5.56 Å². The van der Waals surface area contributed by atoms with Gasteiger partial charge in [-0.05, 0) is 13.0 Å². The number of rotatable bonds is 2. The summed E-state index contributed by atoms with van der Waals surface area (Å²) in [6.45, 7) is 1.85. The molecule has 2 heterocycles. The minimum absolute atomic E-state index is 0.177. The summed E-state index contributed by atoms with van der Waals surface area (Å²) in [7, 11) is 0. The van der Waals surface area contributed by atoms with Crippen LogP contribution in [0.2, 0.25) is 0 Å². The van der Waals surface area contributed by atoms with Crippen LogP contribution in [-0.2, 0) is 0 Å². The van der Waals surface area contributed by atoms with Gasteiger partial charge in [0.1, 0.15) is 5.01 Å². The Morgan fingerprint density at radius 2 is 2.17 bits per heavy atom. The number of nitrogens with zero attached hydrogens (tertiary/aromatic N) is 2. The Bertz CT molecular complexity index is 716. The highest BCUT2D eigenvalue weighted by atomic mass is 32.1. The molecule has 0 aliphatic carbocycles. The topological polar surface area (TPSA) is 70.7 Å². The molecule has 0 spiro atoms. The predicted molar refractivity (Wildman–Crippen MR) is 70.9 cm³/mol. The molecule has 0 atom stereocenters. The Morgan fingerprint density at radius 1 is 1.33 bits per heavy atom. The number of anilines is 1. The van der Waals surface area contributed by atoms with E-state index in [1.54, 1.807) is 6.20 Å². The molecule has 0 unspecified atom stereocenters. The number of nitrogens with one attached hydrogen (secondary N) is 2. The largest absolute Gasteiger partial charge is 0.360 e. The molecule has 0 saturated heterocycles. The Balaban J connectivity index is 1.92. The molecule has 18 heavy (non-hydrogen) atoms. The minimum atomic E-state index is -0.177. The van der Waals surface area contributed by atoms with E-state index in [1.165, 1.54) is 11.3 Å². The number of carbonyl (C=O) groups is 1. The first-order valence-corrected chi connectivity index (χ1v) is 6.23. The first-order chi connectivity index (χ1) is 8.74. The molecule has 3 aromatic rings. The maximum Gasteiger partial charge on any atom is 0.259 e. The molecule has 0 bridgehead atoms. The molecule has 2 N–H and O–H groups in total.